The summed E-state index contributed by atoms with van der Waals surface area (Å²) in [4.78, 5) is 37.8. The second-order valence-corrected chi connectivity index (χ2v) is 8.64. The van der Waals surface area contributed by atoms with Crippen molar-refractivity contribution in [3.05, 3.63) is 82.0 Å². The Balaban J connectivity index is 1.62. The van der Waals surface area contributed by atoms with Crippen LogP contribution in [0, 0.1) is 5.82 Å². The number of nitrogens with zero attached hydrogens (tertiary/aromatic N) is 4. The molecule has 0 aliphatic carbocycles. The van der Waals surface area contributed by atoms with Gasteiger partial charge in [0.05, 0.1) is 0 Å². The highest BCUT2D eigenvalue weighted by molar-refractivity contribution is 6.30. The maximum atomic E-state index is 13.3. The van der Waals surface area contributed by atoms with Crippen LogP contribution in [-0.4, -0.2) is 68.5 Å². The molecule has 0 bridgehead atoms. The van der Waals surface area contributed by atoms with Gasteiger partial charge in [0.1, 0.15) is 11.9 Å². The highest BCUT2D eigenvalue weighted by Crippen LogP contribution is 2.31. The van der Waals surface area contributed by atoms with E-state index < -0.39 is 35.1 Å². The van der Waals surface area contributed by atoms with E-state index in [0.29, 0.717) is 35.8 Å². The maximum absolute atomic E-state index is 13.3. The molecule has 0 spiro atoms. The summed E-state index contributed by atoms with van der Waals surface area (Å²) in [5.74, 6) is -3.01. The van der Waals surface area contributed by atoms with Crippen LogP contribution >= 0.6 is 11.6 Å². The van der Waals surface area contributed by atoms with Crippen molar-refractivity contribution in [3.8, 4) is 11.6 Å². The van der Waals surface area contributed by atoms with Crippen LogP contribution in [-0.2, 0) is 6.54 Å². The van der Waals surface area contributed by atoms with Gasteiger partial charge in [-0.2, -0.15) is 4.98 Å². The molecule has 1 aromatic heterocycles. The first-order valence-electron chi connectivity index (χ1n) is 10.8. The van der Waals surface area contributed by atoms with Crippen LogP contribution in [0.4, 0.5) is 4.39 Å². The molecule has 2 aromatic carbocycles. The lowest BCUT2D eigenvalue weighted by molar-refractivity contribution is 0.0479. The Labute approximate surface area is 205 Å². The van der Waals surface area contributed by atoms with Gasteiger partial charge in [-0.05, 0) is 42.9 Å². The van der Waals surface area contributed by atoms with Crippen LogP contribution < -0.4 is 5.32 Å². The molecule has 11 heteroatoms. The van der Waals surface area contributed by atoms with E-state index >= 15 is 0 Å². The minimum atomic E-state index is -0.776. The molecule has 2 heterocycles. The van der Waals surface area contributed by atoms with E-state index in [1.54, 1.807) is 29.2 Å². The normalized spacial score (nSPS) is 16.2. The Hall–Kier alpha value is -3.76. The predicted molar refractivity (Wildman–Crippen MR) is 126 cm³/mol. The van der Waals surface area contributed by atoms with E-state index in [-0.39, 0.29) is 18.3 Å². The van der Waals surface area contributed by atoms with Gasteiger partial charge in [0.15, 0.2) is 11.5 Å². The lowest BCUT2D eigenvalue weighted by Crippen LogP contribution is -2.50. The molecule has 2 amide bonds. The molecule has 1 aliphatic heterocycles. The number of nitrogens with one attached hydrogen (secondary N) is 1. The number of hydrogen-bond donors (Lipinski definition) is 3. The molecule has 182 valence electrons. The third-order valence-electron chi connectivity index (χ3n) is 5.68. The Kier molecular flexibility index (Phi) is 7.13. The molecule has 35 heavy (non-hydrogen) atoms. The van der Waals surface area contributed by atoms with Gasteiger partial charge < -0.3 is 25.3 Å². The second-order valence-electron chi connectivity index (χ2n) is 8.20. The summed E-state index contributed by atoms with van der Waals surface area (Å²) in [5.41, 5.74) is 0.579. The van der Waals surface area contributed by atoms with Gasteiger partial charge in [-0.3, -0.25) is 9.59 Å². The molecule has 1 saturated heterocycles. The van der Waals surface area contributed by atoms with Crippen molar-refractivity contribution in [3.63, 3.8) is 0 Å². The number of rotatable bonds is 5. The van der Waals surface area contributed by atoms with Crippen molar-refractivity contribution >= 4 is 23.4 Å². The fourth-order valence-electron chi connectivity index (χ4n) is 3.81. The van der Waals surface area contributed by atoms with Crippen LogP contribution in [0.3, 0.4) is 0 Å². The van der Waals surface area contributed by atoms with E-state index in [0.717, 1.165) is 0 Å². The highest BCUT2D eigenvalue weighted by Gasteiger charge is 2.34. The zero-order valence-electron chi connectivity index (χ0n) is 18.8. The SMILES string of the molecule is CN1CCN(C(=O)c2cccc(Cl)c2)C(c2nc(O)c(O)c(C(=O)NCc3ccc(F)cc3)n2)C1. The van der Waals surface area contributed by atoms with Crippen LogP contribution in [0.2, 0.25) is 5.02 Å². The second kappa shape index (κ2) is 10.2. The first-order chi connectivity index (χ1) is 16.7. The van der Waals surface area contributed by atoms with Crippen LogP contribution in [0.5, 0.6) is 11.6 Å². The standard InChI is InChI=1S/C24H23ClFN5O4/c1-30-9-10-31(24(35)15-3-2-4-16(25)11-15)18(13-30)21-28-19(20(32)23(34)29-21)22(33)27-12-14-5-7-17(26)8-6-14/h2-8,11,18,32H,9-10,12-13H2,1H3,(H,27,33)(H,28,29,34). The molecule has 1 unspecified atom stereocenters. The molecule has 0 radical (unpaired) electrons. The number of aromatic nitrogens is 2. The number of aromatic hydroxyl groups is 2. The summed E-state index contributed by atoms with van der Waals surface area (Å²) < 4.78 is 13.1. The van der Waals surface area contributed by atoms with E-state index in [9.17, 15) is 24.2 Å². The quantitative estimate of drug-likeness (QED) is 0.494. The van der Waals surface area contributed by atoms with Crippen LogP contribution in [0.15, 0.2) is 48.5 Å². The Morgan fingerprint density at radius 2 is 1.89 bits per heavy atom. The number of carbonyl (C=O) groups is 2. The van der Waals surface area contributed by atoms with Crippen molar-refractivity contribution in [2.75, 3.05) is 26.7 Å². The molecular formula is C24H23ClFN5O4. The molecule has 4 rings (SSSR count). The van der Waals surface area contributed by atoms with Crippen LogP contribution in [0.1, 0.15) is 38.3 Å². The summed E-state index contributed by atoms with van der Waals surface area (Å²) in [5, 5.41) is 23.5. The summed E-state index contributed by atoms with van der Waals surface area (Å²) in [6.45, 7) is 1.33. The van der Waals surface area contributed by atoms with Crippen LogP contribution in [0.25, 0.3) is 0 Å². The van der Waals surface area contributed by atoms with E-state index in [1.807, 2.05) is 11.9 Å². The lowest BCUT2D eigenvalue weighted by atomic mass is 10.1. The minimum Gasteiger partial charge on any atom is -0.501 e. The van der Waals surface area contributed by atoms with E-state index in [4.69, 9.17) is 11.6 Å². The number of benzene rings is 2. The van der Waals surface area contributed by atoms with Gasteiger partial charge >= 0.3 is 0 Å². The molecule has 1 fully saturated rings. The Morgan fingerprint density at radius 3 is 2.60 bits per heavy atom. The maximum Gasteiger partial charge on any atom is 0.274 e. The van der Waals surface area contributed by atoms with Crippen molar-refractivity contribution in [1.82, 2.24) is 25.1 Å². The fourth-order valence-corrected chi connectivity index (χ4v) is 4.00. The van der Waals surface area contributed by atoms with Gasteiger partial charge in [0.25, 0.3) is 17.7 Å². The molecule has 1 atom stereocenters. The number of carbonyl (C=O) groups excluding carboxylic acids is 2. The number of halogens is 2. The van der Waals surface area contributed by atoms with E-state index in [2.05, 4.69) is 15.3 Å². The largest absolute Gasteiger partial charge is 0.501 e. The minimum absolute atomic E-state index is 0.00848. The fraction of sp³-hybridized carbons (Fsp3) is 0.250. The average Bonchev–Trinajstić information content (AvgIpc) is 2.84. The van der Waals surface area contributed by atoms with Crippen molar-refractivity contribution < 1.29 is 24.2 Å². The van der Waals surface area contributed by atoms with Gasteiger partial charge in [-0.1, -0.05) is 29.8 Å². The van der Waals surface area contributed by atoms with Gasteiger partial charge in [0.2, 0.25) is 5.75 Å². The highest BCUT2D eigenvalue weighted by atomic mass is 35.5. The molecule has 1 aliphatic rings. The zero-order chi connectivity index (χ0) is 25.1. The number of piperazine rings is 1. The smallest absolute Gasteiger partial charge is 0.274 e. The Morgan fingerprint density at radius 1 is 1.14 bits per heavy atom. The number of hydrogen-bond acceptors (Lipinski definition) is 7. The summed E-state index contributed by atoms with van der Waals surface area (Å²) >= 11 is 6.05. The molecule has 0 saturated carbocycles. The molecule has 3 aromatic rings. The van der Waals surface area contributed by atoms with E-state index in [1.165, 1.54) is 24.3 Å². The average molecular weight is 500 g/mol. The summed E-state index contributed by atoms with van der Waals surface area (Å²) in [6.07, 6.45) is 0. The monoisotopic (exact) mass is 499 g/mol. The van der Waals surface area contributed by atoms with Gasteiger partial charge in [-0.15, -0.1) is 0 Å². The first-order valence-corrected chi connectivity index (χ1v) is 11.2. The predicted octanol–water partition coefficient (Wildman–Crippen LogP) is 2.74. The first kappa shape index (κ1) is 24.4. The van der Waals surface area contributed by atoms with Crippen molar-refractivity contribution in [1.29, 1.82) is 0 Å². The van der Waals surface area contributed by atoms with Crippen molar-refractivity contribution in [2.45, 2.75) is 12.6 Å². The van der Waals surface area contributed by atoms with Crippen molar-refractivity contribution in [2.24, 2.45) is 0 Å². The Bertz CT molecular complexity index is 1260. The summed E-state index contributed by atoms with van der Waals surface area (Å²) in [6, 6.07) is 11.4. The number of likely N-dealkylation sites (N-methyl/N-ethyl adjacent to an activating group) is 1. The third-order valence-corrected chi connectivity index (χ3v) is 5.91. The topological polar surface area (TPSA) is 119 Å². The molecule has 3 N–H and O–H groups in total. The van der Waals surface area contributed by atoms with Gasteiger partial charge in [0, 0.05) is 36.8 Å². The third kappa shape index (κ3) is 5.50. The van der Waals surface area contributed by atoms with Gasteiger partial charge in [-0.25, -0.2) is 9.37 Å². The molecule has 9 nitrogen and oxygen atoms in total. The lowest BCUT2D eigenvalue weighted by Gasteiger charge is -2.39. The summed E-state index contributed by atoms with van der Waals surface area (Å²) in [7, 11) is 1.87. The zero-order valence-corrected chi connectivity index (χ0v) is 19.5. The number of amides is 2. The molecular weight excluding hydrogens is 477 g/mol.